The van der Waals surface area contributed by atoms with Gasteiger partial charge in [0.25, 0.3) is 0 Å². The molecule has 693 valence electrons. The van der Waals surface area contributed by atoms with Crippen molar-refractivity contribution in [2.24, 2.45) is 5.41 Å². The first-order chi connectivity index (χ1) is 85.8. The Morgan fingerprint density at radius 3 is 0.920 bits per heavy atom. The number of nitrogens with zero attached hydrogens (tertiary/aromatic N) is 9. The number of benzene rings is 9. The molecular weight excluding hydrogens is 2220 g/mol. The Balaban J connectivity index is 0.000000188. The Bertz CT molecular complexity index is 9440. The monoisotopic (exact) mass is 2380 g/mol. The molecule has 9 aromatic carbocycles. The Hall–Kier alpha value is -13.3. The van der Waals surface area contributed by atoms with E-state index in [9.17, 15) is 0 Å². The van der Waals surface area contributed by atoms with Crippen molar-refractivity contribution in [1.82, 2.24) is 44.9 Å². The van der Waals surface area contributed by atoms with Crippen molar-refractivity contribution in [3.63, 3.8) is 0 Å². The van der Waals surface area contributed by atoms with Gasteiger partial charge in [-0.15, -0.1) is 161 Å². The fraction of sp³-hybridized carbons (Fsp3) is 0.189. The number of aryl methyl sites for hydroxylation is 18. The first-order valence-electron chi connectivity index (χ1n) is 67.5. The second-order valence-electron chi connectivity index (χ2n) is 31.5. The number of pyridine rings is 9. The largest absolute Gasteiger partial charge is 0.486 e. The molecule has 15 heteroatoms. The molecule has 0 saturated heterocycles. The third kappa shape index (κ3) is 23.9. The average Bonchev–Trinajstić information content (AvgIpc) is 1.57. The van der Waals surface area contributed by atoms with Gasteiger partial charge < -0.3 is 43.2 Å². The van der Waals surface area contributed by atoms with Crippen molar-refractivity contribution in [2.45, 2.75) is 151 Å². The average molecular weight is 2380 g/mol. The first kappa shape index (κ1) is 52.3. The van der Waals surface area contributed by atoms with Crippen molar-refractivity contribution in [2.75, 3.05) is 0 Å². The first-order valence-corrected chi connectivity index (χ1v) is 41.0. The quantitative estimate of drug-likeness (QED) is 0.120. The fourth-order valence-electron chi connectivity index (χ4n) is 14.3. The molecule has 0 aliphatic heterocycles. The third-order valence-electron chi connectivity index (χ3n) is 20.7. The Kier molecular flexibility index (Phi) is 16.9. The van der Waals surface area contributed by atoms with Crippen LogP contribution in [-0.2, 0) is 66.7 Å². The van der Waals surface area contributed by atoms with E-state index in [-0.39, 0.29) is 240 Å². The van der Waals surface area contributed by atoms with Crippen LogP contribution in [0, 0.1) is 165 Å². The molecule has 0 spiro atoms. The normalized spacial score (nSPS) is 18.4. The molecule has 12 nitrogen and oxygen atoms in total. The summed E-state index contributed by atoms with van der Waals surface area (Å²) < 4.78 is 427. The number of furan rings is 3. The Labute approximate surface area is 920 Å². The summed E-state index contributed by atoms with van der Waals surface area (Å²) in [6, 6.07) is 73.5. The molecule has 0 saturated carbocycles. The molecule has 0 amide bonds. The maximum atomic E-state index is 8.25. The summed E-state index contributed by atoms with van der Waals surface area (Å²) in [5.41, 5.74) is 5.41. The molecule has 137 heavy (non-hydrogen) atoms. The van der Waals surface area contributed by atoms with Crippen LogP contribution in [0.5, 0.6) is 0 Å². The summed E-state index contributed by atoms with van der Waals surface area (Å²) in [4.78, 5) is 38.0. The number of aromatic nitrogens is 9. The van der Waals surface area contributed by atoms with Crippen molar-refractivity contribution in [3.8, 4) is 101 Å². The molecule has 0 bridgehead atoms. The number of hydrogen-bond donors (Lipinski definition) is 0. The Morgan fingerprint density at radius 1 is 0.270 bits per heavy atom. The van der Waals surface area contributed by atoms with Crippen LogP contribution in [0.25, 0.3) is 167 Å². The number of rotatable bonds is 10. The summed E-state index contributed by atoms with van der Waals surface area (Å²) in [6.07, 6.45) is 6.05. The van der Waals surface area contributed by atoms with Crippen LogP contribution in [0.2, 0.25) is 0 Å². The smallest absolute Gasteiger partial charge is 0.216 e. The van der Waals surface area contributed by atoms with Gasteiger partial charge in [-0.05, 0) is 269 Å². The maximum Gasteiger partial charge on any atom is 0.216 e. The predicted molar refractivity (Wildman–Crippen MR) is 551 cm³/mol. The summed E-state index contributed by atoms with van der Waals surface area (Å²) in [5.74, 6) is 0. The van der Waals surface area contributed by atoms with E-state index in [1.165, 1.54) is 128 Å². The van der Waals surface area contributed by atoms with Gasteiger partial charge in [-0.25, -0.2) is 15.0 Å². The second kappa shape index (κ2) is 44.2. The molecule has 0 aliphatic carbocycles. The van der Waals surface area contributed by atoms with E-state index in [0.29, 0.717) is 93.9 Å². The van der Waals surface area contributed by atoms with E-state index >= 15 is 0 Å². The van der Waals surface area contributed by atoms with Gasteiger partial charge in [0.15, 0.2) is 0 Å². The van der Waals surface area contributed by atoms with Gasteiger partial charge in [0, 0.05) is 203 Å². The van der Waals surface area contributed by atoms with Gasteiger partial charge in [0.1, 0.15) is 0 Å². The van der Waals surface area contributed by atoms with Crippen LogP contribution >= 0.6 is 0 Å². The van der Waals surface area contributed by atoms with E-state index < -0.39 is 128 Å². The van der Waals surface area contributed by atoms with Crippen LogP contribution in [0.15, 0.2) is 281 Å². The molecule has 0 atom stereocenters. The minimum Gasteiger partial charge on any atom is -0.486 e. The molecule has 0 fully saturated rings. The summed E-state index contributed by atoms with van der Waals surface area (Å²) >= 11 is 0. The van der Waals surface area contributed by atoms with Crippen molar-refractivity contribution >= 4 is 66.2 Å². The van der Waals surface area contributed by atoms with E-state index in [0.717, 1.165) is 36.8 Å². The van der Waals surface area contributed by atoms with Gasteiger partial charge in [-0.1, -0.05) is 200 Å². The van der Waals surface area contributed by atoms with E-state index in [2.05, 4.69) is 81.3 Å². The van der Waals surface area contributed by atoms with E-state index in [1.807, 2.05) is 20.8 Å². The standard InChI is InChI=1S/3C26H21N2O.C17H20N.C14H14N.C13H12N.3Ir/c3*1-15-8-10-19(16(2)12-15)23-13-24(27-14-17(23)3)22-7-5-6-20-21-11-9-18(4)28-26(21)29-25(20)22;1-13-5-8-15(9-6-13)16-10-7-14(12-18-16)11-17(2,3)4;1-10-4-6-13(7-5-10)14-8-11(2)12(3)9-15-14;1-10-3-6-12(7-4-10)13-8-5-11(2)9-14-13;;;/h3*5-6,8-14H,1-4H3;5-8,10,12H,11H2,1-4H3;4-6,8-9H,1-3H3;3-6,8-9H,1-2H3;;;/q6*-1;;;/i3*1D3,2D3,3D3,4D3;1D3,11D2;1D3,3D3;1D3,2D3;;;. The van der Waals surface area contributed by atoms with Crippen molar-refractivity contribution in [1.29, 1.82) is 0 Å². The zero-order valence-corrected chi connectivity index (χ0v) is 79.8. The number of fused-ring (bicyclic) bond motifs is 9. The predicted octanol–water partition coefficient (Wildman–Crippen LogP) is 31.3. The fourth-order valence-corrected chi connectivity index (χ4v) is 14.3. The Morgan fingerprint density at radius 2 is 0.606 bits per heavy atom. The second-order valence-corrected chi connectivity index (χ2v) is 31.5. The van der Waals surface area contributed by atoms with Gasteiger partial charge in [0.2, 0.25) is 17.1 Å². The van der Waals surface area contributed by atoms with Crippen molar-refractivity contribution < 1.29 is 146 Å². The van der Waals surface area contributed by atoms with Crippen molar-refractivity contribution in [3.05, 3.63) is 410 Å². The number of hydrogen-bond acceptors (Lipinski definition) is 12. The molecule has 3 radical (unpaired) electrons. The summed E-state index contributed by atoms with van der Waals surface area (Å²) in [5, 5.41) is 3.41. The minimum absolute atomic E-state index is 0. The van der Waals surface area contributed by atoms with Gasteiger partial charge in [0.05, 0.1) is 16.7 Å². The van der Waals surface area contributed by atoms with E-state index in [4.69, 9.17) is 85.9 Å². The molecule has 12 heterocycles. The summed E-state index contributed by atoms with van der Waals surface area (Å²) in [6.45, 7) is -35.0. The molecule has 0 N–H and O–H groups in total. The van der Waals surface area contributed by atoms with Gasteiger partial charge in [-0.3, -0.25) is 0 Å². The maximum absolute atomic E-state index is 8.25. The van der Waals surface area contributed by atoms with Crippen LogP contribution in [0.1, 0.15) is 200 Å². The topological polar surface area (TPSA) is 155 Å². The van der Waals surface area contributed by atoms with Crippen LogP contribution in [-0.4, -0.2) is 44.9 Å². The molecule has 21 rings (SSSR count). The zero-order chi connectivity index (χ0) is 139. The minimum atomic E-state index is -2.76. The van der Waals surface area contributed by atoms with E-state index in [1.54, 1.807) is 110 Å². The molecular formula is C122H109Ir3N9O3-6. The van der Waals surface area contributed by atoms with Crippen LogP contribution < -0.4 is 0 Å². The molecule has 0 aliphatic rings. The third-order valence-corrected chi connectivity index (χ3v) is 20.7. The van der Waals surface area contributed by atoms with Gasteiger partial charge in [-0.2, -0.15) is 0 Å². The molecule has 21 aromatic rings. The van der Waals surface area contributed by atoms with Crippen LogP contribution in [0.4, 0.5) is 0 Å². The summed E-state index contributed by atoms with van der Waals surface area (Å²) in [7, 11) is 0. The van der Waals surface area contributed by atoms with Crippen LogP contribution in [0.3, 0.4) is 0 Å². The molecule has 12 aromatic heterocycles. The SMILES string of the molecule is [2H]C([2H])([2H])c1c[c-]c(-c2cc(C)c(C([2H])([2H])[2H])cn2)cc1.[2H]C([2H])([2H])c1c[c-]c(-c2ccc(C([2H])([2H])C(C)(C)C)cn2)cc1.[2H]C([2H])([2H])c1c[c-]c(-c2ccc(C([2H])([2H])[2H])cn2)cc1.[2H]C([2H])([2H])c1ccc(-c2cc(-c3[c-]ccc4c3oc3nc(C([2H])([2H])[2H])ccc34)ncc2C([2H])([2H])[2H])c(C([2H])([2H])[2H])c1.[2H]C([2H])([2H])c1ccc(-c2cc(-c3[c-]ccc4c3oc3nc(C([2H])([2H])[2H])ccc34)ncc2C([2H])([2H])[2H])c(C([2H])([2H])[2H])c1.[2H]C([2H])([2H])c1ccc(-c2cc(-c3[c-]ccc4c3oc3nc(C([2H])([2H])[2H])ccc34)ncc2C([2H])([2H])[2H])c(C([2H])([2H])[2H])c1.[Ir].[Ir].[Ir]. The zero-order valence-electron chi connectivity index (χ0n) is 126. The van der Waals surface area contributed by atoms with Gasteiger partial charge >= 0.3 is 0 Å². The molecule has 0 unspecified atom stereocenters.